The average Bonchev–Trinajstić information content (AvgIpc) is 2.49. The third kappa shape index (κ3) is 4.93. The number of rotatable bonds is 5. The van der Waals surface area contributed by atoms with Gasteiger partial charge in [0.25, 0.3) is 0 Å². The van der Waals surface area contributed by atoms with E-state index in [1.54, 1.807) is 4.42 Å². The van der Waals surface area contributed by atoms with E-state index in [1.165, 1.54) is 30.2 Å². The standard InChI is InChI=1S/C17H18BrClNP/c1-20(19)12-11-17(21-2)15-5-3-13(4-6-15)14-7-9-16(18)10-8-14/h3-10H,11-12H2,1-2H3. The zero-order chi connectivity index (χ0) is 15.2. The van der Waals surface area contributed by atoms with E-state index in [1.807, 2.05) is 7.05 Å². The molecule has 110 valence electrons. The van der Waals surface area contributed by atoms with E-state index < -0.39 is 0 Å². The molecule has 1 nitrogen and oxygen atoms in total. The Labute approximate surface area is 142 Å². The number of benzene rings is 2. The molecule has 0 radical (unpaired) electrons. The van der Waals surface area contributed by atoms with Crippen molar-refractivity contribution in [2.24, 2.45) is 0 Å². The molecule has 0 saturated heterocycles. The minimum Gasteiger partial charge on any atom is -0.223 e. The largest absolute Gasteiger partial charge is 0.223 e. The number of hydrogen-bond donors (Lipinski definition) is 0. The lowest BCUT2D eigenvalue weighted by molar-refractivity contribution is 0.566. The molecule has 0 fully saturated rings. The number of nitrogens with zero attached hydrogens (tertiary/aromatic N) is 1. The predicted octanol–water partition coefficient (Wildman–Crippen LogP) is 5.69. The molecule has 2 aromatic carbocycles. The molecule has 0 aliphatic heterocycles. The van der Waals surface area contributed by atoms with Gasteiger partial charge in [0.2, 0.25) is 0 Å². The molecule has 2 rings (SSSR count). The van der Waals surface area contributed by atoms with Crippen LogP contribution in [0.25, 0.3) is 11.1 Å². The Bertz CT molecular complexity index is 606. The fourth-order valence-electron chi connectivity index (χ4n) is 2.14. The van der Waals surface area contributed by atoms with Crippen molar-refractivity contribution < 1.29 is 0 Å². The van der Waals surface area contributed by atoms with Crippen molar-refractivity contribution >= 4 is 41.2 Å². The number of hydrogen-bond acceptors (Lipinski definition) is 1. The summed E-state index contributed by atoms with van der Waals surface area (Å²) in [5.74, 6) is 0. The first-order valence-corrected chi connectivity index (χ1v) is 9.26. The van der Waals surface area contributed by atoms with Crippen LogP contribution in [0.2, 0.25) is 0 Å². The second-order valence-corrected chi connectivity index (χ2v) is 7.31. The second-order valence-electron chi connectivity index (χ2n) is 4.83. The molecule has 0 aromatic heterocycles. The number of halogens is 2. The third-order valence-corrected chi connectivity index (χ3v) is 5.04. The zero-order valence-corrected chi connectivity index (χ0v) is 15.4. The summed E-state index contributed by atoms with van der Waals surface area (Å²) in [5.41, 5.74) is 3.78. The topological polar surface area (TPSA) is 3.24 Å². The highest BCUT2D eigenvalue weighted by Crippen LogP contribution is 2.23. The van der Waals surface area contributed by atoms with Crippen LogP contribution in [0, 0.1) is 0 Å². The summed E-state index contributed by atoms with van der Waals surface area (Å²) < 4.78 is 2.81. The highest BCUT2D eigenvalue weighted by atomic mass is 79.9. The van der Waals surface area contributed by atoms with Gasteiger partial charge in [-0.25, -0.2) is 4.42 Å². The Morgan fingerprint density at radius 1 is 1.05 bits per heavy atom. The lowest BCUT2D eigenvalue weighted by atomic mass is 10.0. The summed E-state index contributed by atoms with van der Waals surface area (Å²) in [6.07, 6.45) is 0.996. The maximum absolute atomic E-state index is 5.90. The van der Waals surface area contributed by atoms with Crippen LogP contribution in [0.3, 0.4) is 0 Å². The molecule has 2 aromatic rings. The third-order valence-electron chi connectivity index (χ3n) is 3.32. The summed E-state index contributed by atoms with van der Waals surface area (Å²) >= 11 is 9.37. The van der Waals surface area contributed by atoms with Crippen LogP contribution in [0.1, 0.15) is 12.0 Å². The van der Waals surface area contributed by atoms with Crippen LogP contribution in [-0.4, -0.2) is 30.0 Å². The molecule has 0 spiro atoms. The molecule has 0 aliphatic rings. The van der Waals surface area contributed by atoms with Gasteiger partial charge in [0.1, 0.15) is 0 Å². The quantitative estimate of drug-likeness (QED) is 0.474. The monoisotopic (exact) mass is 381 g/mol. The average molecular weight is 383 g/mol. The van der Waals surface area contributed by atoms with Gasteiger partial charge < -0.3 is 0 Å². The maximum atomic E-state index is 5.90. The van der Waals surface area contributed by atoms with Gasteiger partial charge in [-0.15, -0.1) is 8.20 Å². The molecule has 0 bridgehead atoms. The van der Waals surface area contributed by atoms with E-state index >= 15 is 0 Å². The van der Waals surface area contributed by atoms with Gasteiger partial charge in [-0.1, -0.05) is 52.3 Å². The van der Waals surface area contributed by atoms with Crippen LogP contribution >= 0.6 is 35.9 Å². The van der Waals surface area contributed by atoms with Crippen LogP contribution in [0.15, 0.2) is 53.0 Å². The van der Waals surface area contributed by atoms with Crippen molar-refractivity contribution in [3.05, 3.63) is 58.6 Å². The van der Waals surface area contributed by atoms with E-state index in [-0.39, 0.29) is 0 Å². The van der Waals surface area contributed by atoms with Crippen LogP contribution in [0.5, 0.6) is 0 Å². The molecule has 21 heavy (non-hydrogen) atoms. The Balaban J connectivity index is 2.16. The van der Waals surface area contributed by atoms with E-state index in [9.17, 15) is 0 Å². The van der Waals surface area contributed by atoms with E-state index in [4.69, 9.17) is 11.8 Å². The van der Waals surface area contributed by atoms with E-state index in [0.717, 1.165) is 17.4 Å². The van der Waals surface area contributed by atoms with Crippen molar-refractivity contribution in [1.29, 1.82) is 0 Å². The summed E-state index contributed by atoms with van der Waals surface area (Å²) in [7, 11) is 3.19. The summed E-state index contributed by atoms with van der Waals surface area (Å²) in [6, 6.07) is 17.2. The molecule has 0 aliphatic carbocycles. The first-order chi connectivity index (χ1) is 10.1. The maximum Gasteiger partial charge on any atom is 0.0179 e. The lowest BCUT2D eigenvalue weighted by Crippen LogP contribution is -2.11. The van der Waals surface area contributed by atoms with E-state index in [0.29, 0.717) is 0 Å². The van der Waals surface area contributed by atoms with Crippen molar-refractivity contribution in [2.75, 3.05) is 20.3 Å². The Kier molecular flexibility index (Phi) is 6.44. The fraction of sp³-hybridized carbons (Fsp3) is 0.235. The minimum absolute atomic E-state index is 0.867. The van der Waals surface area contributed by atoms with Crippen LogP contribution in [-0.2, 0) is 0 Å². The lowest BCUT2D eigenvalue weighted by Gasteiger charge is -2.11. The molecule has 0 saturated carbocycles. The van der Waals surface area contributed by atoms with E-state index in [2.05, 4.69) is 71.1 Å². The van der Waals surface area contributed by atoms with Gasteiger partial charge in [-0.2, -0.15) is 0 Å². The molecule has 0 heterocycles. The summed E-state index contributed by atoms with van der Waals surface area (Å²) in [4.78, 5) is 0. The van der Waals surface area contributed by atoms with Crippen molar-refractivity contribution in [2.45, 2.75) is 6.42 Å². The highest BCUT2D eigenvalue weighted by molar-refractivity contribution is 9.10. The smallest absolute Gasteiger partial charge is 0.0179 e. The van der Waals surface area contributed by atoms with Crippen molar-refractivity contribution in [1.82, 2.24) is 4.42 Å². The molecule has 0 unspecified atom stereocenters. The van der Waals surface area contributed by atoms with Crippen molar-refractivity contribution in [3.8, 4) is 11.1 Å². The summed E-state index contributed by atoms with van der Waals surface area (Å²) in [6.45, 7) is 3.04. The Hall–Kier alpha value is -0.660. The molecule has 0 N–H and O–H groups in total. The van der Waals surface area contributed by atoms with Crippen molar-refractivity contribution in [3.63, 3.8) is 0 Å². The normalized spacial score (nSPS) is 12.0. The highest BCUT2D eigenvalue weighted by Gasteiger charge is 2.04. The van der Waals surface area contributed by atoms with Crippen LogP contribution in [0.4, 0.5) is 0 Å². The summed E-state index contributed by atoms with van der Waals surface area (Å²) in [5, 5.41) is 1.42. The predicted molar refractivity (Wildman–Crippen MR) is 99.6 cm³/mol. The molecule has 4 heteroatoms. The van der Waals surface area contributed by atoms with Gasteiger partial charge in [0, 0.05) is 18.1 Å². The molecular weight excluding hydrogens is 365 g/mol. The molecule has 0 amide bonds. The SMILES string of the molecule is CP=C(CCN(C)Cl)c1ccc(-c2ccc(Br)cc2)cc1. The Morgan fingerprint density at radius 3 is 2.05 bits per heavy atom. The van der Waals surface area contributed by atoms with Gasteiger partial charge in [0.15, 0.2) is 0 Å². The first-order valence-electron chi connectivity index (χ1n) is 6.79. The molecule has 0 atom stereocenters. The van der Waals surface area contributed by atoms with Gasteiger partial charge in [-0.05, 0) is 59.0 Å². The molecular formula is C17H18BrClNP. The minimum atomic E-state index is 0.867. The van der Waals surface area contributed by atoms with Crippen LogP contribution < -0.4 is 0 Å². The van der Waals surface area contributed by atoms with Gasteiger partial charge in [0.05, 0.1) is 0 Å². The fourth-order valence-corrected chi connectivity index (χ4v) is 3.22. The Morgan fingerprint density at radius 2 is 1.57 bits per heavy atom. The first kappa shape index (κ1) is 16.7. The second kappa shape index (κ2) is 8.10. The van der Waals surface area contributed by atoms with Gasteiger partial charge in [-0.3, -0.25) is 0 Å². The van der Waals surface area contributed by atoms with Gasteiger partial charge >= 0.3 is 0 Å². The zero-order valence-electron chi connectivity index (χ0n) is 12.2.